The van der Waals surface area contributed by atoms with E-state index in [9.17, 15) is 15.0 Å². The number of hydrogen-bond acceptors (Lipinski definition) is 6. The number of esters is 1. The van der Waals surface area contributed by atoms with E-state index in [-0.39, 0.29) is 17.9 Å². The third kappa shape index (κ3) is 2.17. The summed E-state index contributed by atoms with van der Waals surface area (Å²) in [5.41, 5.74) is 5.32. The molecule has 1 atom stereocenters. The van der Waals surface area contributed by atoms with Crippen molar-refractivity contribution >= 4 is 5.97 Å². The molecule has 0 heterocycles. The van der Waals surface area contributed by atoms with Crippen LogP contribution in [0.3, 0.4) is 0 Å². The molecule has 0 aliphatic rings. The Kier molecular flexibility index (Phi) is 3.57. The molecule has 1 rings (SSSR count). The Morgan fingerprint density at radius 3 is 2.25 bits per heavy atom. The summed E-state index contributed by atoms with van der Waals surface area (Å²) in [4.78, 5) is 11.3. The van der Waals surface area contributed by atoms with Crippen molar-refractivity contribution in [3.05, 3.63) is 17.7 Å². The first-order chi connectivity index (χ1) is 7.51. The molecular formula is C10H13NO5. The van der Waals surface area contributed by atoms with Gasteiger partial charge in [0.15, 0.2) is 0 Å². The molecule has 88 valence electrons. The number of nitrogens with two attached hydrogens (primary N) is 1. The second-order valence-electron chi connectivity index (χ2n) is 3.21. The van der Waals surface area contributed by atoms with Gasteiger partial charge < -0.3 is 25.8 Å². The molecule has 0 bridgehead atoms. The summed E-state index contributed by atoms with van der Waals surface area (Å²) in [5.74, 6) is -2.75. The lowest BCUT2D eigenvalue weighted by molar-refractivity contribution is -0.142. The first kappa shape index (κ1) is 12.1. The summed E-state index contributed by atoms with van der Waals surface area (Å²) in [6.45, 7) is -0.126. The lowest BCUT2D eigenvalue weighted by atomic mass is 9.97. The number of phenols is 3. The maximum atomic E-state index is 11.3. The first-order valence-electron chi connectivity index (χ1n) is 4.54. The van der Waals surface area contributed by atoms with Crippen LogP contribution < -0.4 is 5.73 Å². The molecule has 0 saturated heterocycles. The topological polar surface area (TPSA) is 113 Å². The number of carbonyl (C=O) groups excluding carboxylic acids is 1. The number of hydrogen-bond donors (Lipinski definition) is 4. The van der Waals surface area contributed by atoms with E-state index in [0.717, 1.165) is 12.1 Å². The van der Waals surface area contributed by atoms with E-state index >= 15 is 0 Å². The molecule has 0 aromatic heterocycles. The van der Waals surface area contributed by atoms with Crippen molar-refractivity contribution in [1.29, 1.82) is 0 Å². The van der Waals surface area contributed by atoms with Gasteiger partial charge in [-0.25, -0.2) is 0 Å². The number of phenolic OH excluding ortho intramolecular Hbond substituents is 3. The zero-order valence-electron chi connectivity index (χ0n) is 8.67. The van der Waals surface area contributed by atoms with Gasteiger partial charge in [0.2, 0.25) is 0 Å². The molecule has 6 nitrogen and oxygen atoms in total. The molecule has 6 heteroatoms. The molecule has 0 aliphatic heterocycles. The van der Waals surface area contributed by atoms with Gasteiger partial charge in [0.05, 0.1) is 12.7 Å². The Hall–Kier alpha value is -1.95. The normalized spacial score (nSPS) is 12.1. The quantitative estimate of drug-likeness (QED) is 0.541. The molecule has 0 aliphatic carbocycles. The largest absolute Gasteiger partial charge is 0.508 e. The van der Waals surface area contributed by atoms with E-state index in [4.69, 9.17) is 10.8 Å². The van der Waals surface area contributed by atoms with Crippen LogP contribution in [0.25, 0.3) is 0 Å². The monoisotopic (exact) mass is 227 g/mol. The molecule has 16 heavy (non-hydrogen) atoms. The van der Waals surface area contributed by atoms with E-state index < -0.39 is 23.4 Å². The van der Waals surface area contributed by atoms with Gasteiger partial charge in [0, 0.05) is 18.7 Å². The second kappa shape index (κ2) is 4.71. The standard InChI is InChI=1S/C10H13NO5/c1-16-10(15)6(4-11)9-7(13)2-5(12)3-8(9)14/h2-3,6,12-14H,4,11H2,1H3. The van der Waals surface area contributed by atoms with Crippen LogP contribution in [0.5, 0.6) is 17.2 Å². The van der Waals surface area contributed by atoms with Gasteiger partial charge in [-0.15, -0.1) is 0 Å². The van der Waals surface area contributed by atoms with Gasteiger partial charge in [-0.2, -0.15) is 0 Å². The molecule has 0 saturated carbocycles. The van der Waals surface area contributed by atoms with E-state index in [1.807, 2.05) is 0 Å². The van der Waals surface area contributed by atoms with Crippen LogP contribution in [0.2, 0.25) is 0 Å². The zero-order chi connectivity index (χ0) is 12.3. The fourth-order valence-electron chi connectivity index (χ4n) is 1.44. The van der Waals surface area contributed by atoms with Crippen LogP contribution in [0.15, 0.2) is 12.1 Å². The molecule has 1 aromatic rings. The van der Waals surface area contributed by atoms with Crippen LogP contribution in [0.4, 0.5) is 0 Å². The number of carbonyl (C=O) groups is 1. The molecule has 1 unspecified atom stereocenters. The van der Waals surface area contributed by atoms with Crippen LogP contribution >= 0.6 is 0 Å². The molecule has 0 radical (unpaired) electrons. The minimum atomic E-state index is -0.967. The Labute approximate surface area is 91.9 Å². The first-order valence-corrected chi connectivity index (χ1v) is 4.54. The second-order valence-corrected chi connectivity index (χ2v) is 3.21. The van der Waals surface area contributed by atoms with Gasteiger partial charge in [-0.1, -0.05) is 0 Å². The van der Waals surface area contributed by atoms with Crippen molar-refractivity contribution in [3.63, 3.8) is 0 Å². The van der Waals surface area contributed by atoms with Crippen molar-refractivity contribution in [1.82, 2.24) is 0 Å². The number of methoxy groups -OCH3 is 1. The summed E-state index contributed by atoms with van der Waals surface area (Å²) in [7, 11) is 1.18. The maximum absolute atomic E-state index is 11.3. The van der Waals surface area contributed by atoms with E-state index in [2.05, 4.69) is 4.74 Å². The van der Waals surface area contributed by atoms with Crippen molar-refractivity contribution in [3.8, 4) is 17.2 Å². The fourth-order valence-corrected chi connectivity index (χ4v) is 1.44. The lowest BCUT2D eigenvalue weighted by Gasteiger charge is -2.15. The van der Waals surface area contributed by atoms with E-state index in [1.54, 1.807) is 0 Å². The van der Waals surface area contributed by atoms with Crippen molar-refractivity contribution in [2.45, 2.75) is 5.92 Å². The summed E-state index contributed by atoms with van der Waals surface area (Å²) < 4.78 is 4.49. The highest BCUT2D eigenvalue weighted by atomic mass is 16.5. The van der Waals surface area contributed by atoms with Crippen LogP contribution in [-0.4, -0.2) is 34.9 Å². The van der Waals surface area contributed by atoms with Crippen LogP contribution in [0.1, 0.15) is 11.5 Å². The van der Waals surface area contributed by atoms with E-state index in [0.29, 0.717) is 0 Å². The summed E-state index contributed by atoms with van der Waals surface area (Å²) in [6, 6.07) is 2.03. The summed E-state index contributed by atoms with van der Waals surface area (Å²) in [5, 5.41) is 28.2. The van der Waals surface area contributed by atoms with Crippen LogP contribution in [-0.2, 0) is 9.53 Å². The number of ether oxygens (including phenoxy) is 1. The molecular weight excluding hydrogens is 214 g/mol. The average molecular weight is 227 g/mol. The number of aromatic hydroxyl groups is 3. The minimum Gasteiger partial charge on any atom is -0.508 e. The predicted octanol–water partition coefficient (Wildman–Crippen LogP) is 0.0187. The fraction of sp³-hybridized carbons (Fsp3) is 0.300. The Morgan fingerprint density at radius 2 is 1.88 bits per heavy atom. The Balaban J connectivity index is 3.25. The number of rotatable bonds is 3. The highest BCUT2D eigenvalue weighted by Gasteiger charge is 2.26. The molecule has 0 spiro atoms. The highest BCUT2D eigenvalue weighted by Crippen LogP contribution is 2.37. The summed E-state index contributed by atoms with van der Waals surface area (Å²) >= 11 is 0. The van der Waals surface area contributed by atoms with Crippen molar-refractivity contribution in [2.24, 2.45) is 5.73 Å². The van der Waals surface area contributed by atoms with Gasteiger partial charge in [-0.05, 0) is 0 Å². The molecule has 1 aromatic carbocycles. The third-order valence-electron chi connectivity index (χ3n) is 2.19. The SMILES string of the molecule is COC(=O)C(CN)c1c(O)cc(O)cc1O. The van der Waals surface area contributed by atoms with E-state index in [1.165, 1.54) is 7.11 Å². The zero-order valence-corrected chi connectivity index (χ0v) is 8.67. The highest BCUT2D eigenvalue weighted by molar-refractivity contribution is 5.80. The van der Waals surface area contributed by atoms with Crippen molar-refractivity contribution < 1.29 is 24.9 Å². The van der Waals surface area contributed by atoms with Crippen LogP contribution in [0, 0.1) is 0 Å². The third-order valence-corrected chi connectivity index (χ3v) is 2.19. The smallest absolute Gasteiger partial charge is 0.314 e. The van der Waals surface area contributed by atoms with Crippen molar-refractivity contribution in [2.75, 3.05) is 13.7 Å². The number of benzene rings is 1. The molecule has 0 amide bonds. The lowest BCUT2D eigenvalue weighted by Crippen LogP contribution is -2.23. The Morgan fingerprint density at radius 1 is 1.38 bits per heavy atom. The van der Waals surface area contributed by atoms with Gasteiger partial charge in [0.25, 0.3) is 0 Å². The Bertz CT molecular complexity index is 381. The van der Waals surface area contributed by atoms with Gasteiger partial charge in [-0.3, -0.25) is 4.79 Å². The summed E-state index contributed by atoms with van der Waals surface area (Å²) in [6.07, 6.45) is 0. The molecule has 0 fully saturated rings. The van der Waals surface area contributed by atoms with Gasteiger partial charge >= 0.3 is 5.97 Å². The maximum Gasteiger partial charge on any atom is 0.314 e. The average Bonchev–Trinajstić information content (AvgIpc) is 2.22. The predicted molar refractivity (Wildman–Crippen MR) is 55.2 cm³/mol. The molecule has 5 N–H and O–H groups in total. The van der Waals surface area contributed by atoms with Gasteiger partial charge in [0.1, 0.15) is 23.2 Å². The minimum absolute atomic E-state index is 0.0489.